The van der Waals surface area contributed by atoms with E-state index in [1.54, 1.807) is 49.5 Å². The number of esters is 1. The van der Waals surface area contributed by atoms with Gasteiger partial charge in [0.1, 0.15) is 29.7 Å². The summed E-state index contributed by atoms with van der Waals surface area (Å²) in [5.41, 5.74) is 2.26. The minimum absolute atomic E-state index is 0.00579. The van der Waals surface area contributed by atoms with Gasteiger partial charge in [0.25, 0.3) is 23.6 Å². The van der Waals surface area contributed by atoms with Crippen LogP contribution in [0.3, 0.4) is 0 Å². The molecule has 24 heteroatoms. The second-order valence-corrected chi connectivity index (χ2v) is 20.6. The van der Waals surface area contributed by atoms with Gasteiger partial charge >= 0.3 is 5.97 Å². The van der Waals surface area contributed by atoms with E-state index in [1.165, 1.54) is 39.5 Å². The zero-order valence-corrected chi connectivity index (χ0v) is 50.2. The number of rotatable bonds is 35. The van der Waals surface area contributed by atoms with Crippen molar-refractivity contribution in [1.82, 2.24) is 25.8 Å². The molecule has 2 fully saturated rings. The summed E-state index contributed by atoms with van der Waals surface area (Å²) in [6.07, 6.45) is 3.54. The molecule has 7 rings (SSSR count). The molecule has 0 aromatic heterocycles. The number of nitrogens with zero attached hydrogens (tertiary/aromatic N) is 2. The lowest BCUT2D eigenvalue weighted by Crippen LogP contribution is -2.54. The van der Waals surface area contributed by atoms with Gasteiger partial charge in [0.2, 0.25) is 23.5 Å². The van der Waals surface area contributed by atoms with Gasteiger partial charge < -0.3 is 67.6 Å². The first-order chi connectivity index (χ1) is 42.2. The van der Waals surface area contributed by atoms with Crippen molar-refractivity contribution < 1.29 is 90.5 Å². The highest BCUT2D eigenvalue weighted by molar-refractivity contribution is 6.24. The van der Waals surface area contributed by atoms with E-state index in [4.69, 9.17) is 52.1 Å². The Bertz CT molecular complexity index is 3020. The first-order valence-electron chi connectivity index (χ1n) is 29.2. The highest BCUT2D eigenvalue weighted by atomic mass is 16.6. The second kappa shape index (κ2) is 33.4. The monoisotopic (exact) mass is 1210 g/mol. The number of imide groups is 2. The van der Waals surface area contributed by atoms with Gasteiger partial charge in [-0.3, -0.25) is 43.8 Å². The number of nitrogens with one attached hydrogen (secondary N) is 3. The van der Waals surface area contributed by atoms with Crippen LogP contribution in [-0.2, 0) is 54.1 Å². The molecule has 3 aliphatic rings. The lowest BCUT2D eigenvalue weighted by Gasteiger charge is -2.37. The van der Waals surface area contributed by atoms with E-state index in [1.807, 2.05) is 31.2 Å². The number of hydrogen-bond donors (Lipinski definition) is 3. The number of amides is 7. The minimum atomic E-state index is -1.12. The van der Waals surface area contributed by atoms with Crippen LogP contribution in [-0.4, -0.2) is 177 Å². The fraction of sp³-hybridized carbons (Fsp3) is 0.492. The number of piperidine rings is 2. The average Bonchev–Trinajstić information content (AvgIpc) is 1.71. The Kier molecular flexibility index (Phi) is 25.4. The lowest BCUT2D eigenvalue weighted by atomic mass is 9.91. The summed E-state index contributed by atoms with van der Waals surface area (Å²) in [7, 11) is 7.69. The van der Waals surface area contributed by atoms with Crippen molar-refractivity contribution in [3.05, 3.63) is 101 Å². The van der Waals surface area contributed by atoms with Crippen LogP contribution >= 0.6 is 0 Å². The molecule has 0 radical (unpaired) electrons. The van der Waals surface area contributed by atoms with Gasteiger partial charge in [0.15, 0.2) is 36.2 Å². The van der Waals surface area contributed by atoms with Crippen molar-refractivity contribution in [2.45, 2.75) is 95.2 Å². The smallest absolute Gasteiger partial charge is 0.329 e. The summed E-state index contributed by atoms with van der Waals surface area (Å²) in [5.74, 6) is -1.86. The SMILES string of the molecule is CCC(C(=O)N1CCCCC1C(=O)OC(CCc1ccc(OC)c(OC)c1)c1cccc(OCC(=O)NCCCOCCOCCOCCCNC(=O)COc2cccc3c2C(=O)N(C2CCC(=O)NC2=O)C3=O)c1)c1cc(OC)c(OC)c(OC)c1. The number of carbonyl (C=O) groups is 8. The quantitative estimate of drug-likeness (QED) is 0.0294. The predicted molar refractivity (Wildman–Crippen MR) is 313 cm³/mol. The number of aryl methyl sites for hydroxylation is 1. The first kappa shape index (κ1) is 66.1. The normalized spacial score (nSPS) is 16.3. The van der Waals surface area contributed by atoms with Crippen molar-refractivity contribution in [2.75, 3.05) is 108 Å². The molecular weight excluding hydrogens is 1130 g/mol. The molecule has 4 unspecified atom stereocenters. The van der Waals surface area contributed by atoms with E-state index in [-0.39, 0.29) is 48.1 Å². The maximum Gasteiger partial charge on any atom is 0.329 e. The molecule has 7 amide bonds. The summed E-state index contributed by atoms with van der Waals surface area (Å²) >= 11 is 0. The van der Waals surface area contributed by atoms with Crippen molar-refractivity contribution in [1.29, 1.82) is 0 Å². The maximum atomic E-state index is 14.5. The van der Waals surface area contributed by atoms with Gasteiger partial charge in [-0.2, -0.15) is 0 Å². The van der Waals surface area contributed by atoms with E-state index in [2.05, 4.69) is 16.0 Å². The maximum absolute atomic E-state index is 14.5. The first-order valence-corrected chi connectivity index (χ1v) is 29.2. The fourth-order valence-corrected chi connectivity index (χ4v) is 10.5. The number of fused-ring (bicyclic) bond motifs is 1. The molecule has 0 saturated carbocycles. The molecule has 87 heavy (non-hydrogen) atoms. The summed E-state index contributed by atoms with van der Waals surface area (Å²) in [4.78, 5) is 107. The van der Waals surface area contributed by atoms with Crippen molar-refractivity contribution in [3.8, 4) is 40.2 Å². The van der Waals surface area contributed by atoms with Crippen LogP contribution in [0, 0.1) is 0 Å². The topological polar surface area (TPSA) is 281 Å². The van der Waals surface area contributed by atoms with Crippen LogP contribution < -0.4 is 49.1 Å². The van der Waals surface area contributed by atoms with E-state index in [0.717, 1.165) is 23.3 Å². The van der Waals surface area contributed by atoms with Gasteiger partial charge in [-0.25, -0.2) is 4.79 Å². The molecule has 0 aliphatic carbocycles. The molecule has 3 heterocycles. The van der Waals surface area contributed by atoms with Gasteiger partial charge in [-0.05, 0) is 123 Å². The molecule has 4 atom stereocenters. The minimum Gasteiger partial charge on any atom is -0.493 e. The molecular formula is C63H79N5O19. The van der Waals surface area contributed by atoms with E-state index >= 15 is 0 Å². The Balaban J connectivity index is 0.788. The van der Waals surface area contributed by atoms with Crippen LogP contribution in [0.1, 0.15) is 114 Å². The van der Waals surface area contributed by atoms with Crippen LogP contribution in [0.25, 0.3) is 0 Å². The van der Waals surface area contributed by atoms with Crippen LogP contribution in [0.2, 0.25) is 0 Å². The molecule has 3 aliphatic heterocycles. The summed E-state index contributed by atoms with van der Waals surface area (Å²) in [5, 5.41) is 7.72. The Morgan fingerprint density at radius 1 is 0.644 bits per heavy atom. The Labute approximate surface area is 506 Å². The van der Waals surface area contributed by atoms with E-state index in [0.29, 0.717) is 143 Å². The van der Waals surface area contributed by atoms with Crippen molar-refractivity contribution in [3.63, 3.8) is 0 Å². The number of benzene rings is 4. The van der Waals surface area contributed by atoms with Crippen molar-refractivity contribution in [2.24, 2.45) is 0 Å². The Hall–Kier alpha value is -8.48. The van der Waals surface area contributed by atoms with E-state index < -0.39 is 66.2 Å². The Morgan fingerprint density at radius 3 is 1.92 bits per heavy atom. The fourth-order valence-electron chi connectivity index (χ4n) is 10.5. The third-order valence-corrected chi connectivity index (χ3v) is 15.0. The van der Waals surface area contributed by atoms with Crippen LogP contribution in [0.5, 0.6) is 40.2 Å². The number of ether oxygens (including phenoxy) is 11. The molecule has 0 spiro atoms. The van der Waals surface area contributed by atoms with Gasteiger partial charge in [-0.15, -0.1) is 0 Å². The van der Waals surface area contributed by atoms with E-state index in [9.17, 15) is 38.4 Å². The predicted octanol–water partition coefficient (Wildman–Crippen LogP) is 5.44. The molecule has 4 aromatic carbocycles. The lowest BCUT2D eigenvalue weighted by molar-refractivity contribution is -0.162. The van der Waals surface area contributed by atoms with Crippen molar-refractivity contribution >= 4 is 47.3 Å². The largest absolute Gasteiger partial charge is 0.493 e. The molecule has 24 nitrogen and oxygen atoms in total. The Morgan fingerprint density at radius 2 is 1.29 bits per heavy atom. The average molecular weight is 1210 g/mol. The molecule has 2 saturated heterocycles. The number of likely N-dealkylation sites (tertiary alicyclic amines) is 1. The third-order valence-electron chi connectivity index (χ3n) is 15.0. The summed E-state index contributed by atoms with van der Waals surface area (Å²) < 4.78 is 62.5. The molecule has 470 valence electrons. The molecule has 0 bridgehead atoms. The number of carbonyl (C=O) groups excluding carboxylic acids is 8. The standard InChI is InChI=1S/C63H79N5O19/c1-7-44(42-36-52(79-4)58(81-6)53(37-42)80-5)60(73)67-27-9-8-17-47(67)63(76)87-48(22-19-40-20-23-49(77-2)51(34-40)78-3)41-14-10-15-43(35-41)85-38-55(70)64-25-12-28-82-30-32-84-33-31-83-29-13-26-65-56(71)39-86-50-18-11-16-45-57(50)62(75)68(61(45)74)46-21-24-54(69)66-59(46)72/h10-11,14-16,18,20,23,34-37,44,46-48H,7-9,12-13,17,19,21-22,24-33,38-39H2,1-6H3,(H,64,70)(H,65,71)(H,66,69,72). The van der Waals surface area contributed by atoms with Gasteiger partial charge in [-0.1, -0.05) is 31.2 Å². The van der Waals surface area contributed by atoms with Gasteiger partial charge in [0.05, 0.1) is 79.0 Å². The number of hydrogen-bond acceptors (Lipinski definition) is 19. The number of methoxy groups -OCH3 is 5. The molecule has 3 N–H and O–H groups in total. The van der Waals surface area contributed by atoms with Crippen LogP contribution in [0.4, 0.5) is 0 Å². The summed E-state index contributed by atoms with van der Waals surface area (Å²) in [6.45, 7) is 4.37. The van der Waals surface area contributed by atoms with Gasteiger partial charge in [0, 0.05) is 39.3 Å². The van der Waals surface area contributed by atoms with Crippen LogP contribution in [0.15, 0.2) is 72.8 Å². The zero-order chi connectivity index (χ0) is 62.2. The second-order valence-electron chi connectivity index (χ2n) is 20.6. The highest BCUT2D eigenvalue weighted by Crippen LogP contribution is 2.42. The zero-order valence-electron chi connectivity index (χ0n) is 50.2. The molecule has 4 aromatic rings. The summed E-state index contributed by atoms with van der Waals surface area (Å²) in [6, 6.07) is 18.7. The highest BCUT2D eigenvalue weighted by Gasteiger charge is 2.46. The third kappa shape index (κ3) is 17.8.